The smallest absolute Gasteiger partial charge is 0.121 e. The molecular weight excluding hydrogens is 230 g/mol. The molecule has 98 valence electrons. The quantitative estimate of drug-likeness (QED) is 0.642. The highest BCUT2D eigenvalue weighted by Crippen LogP contribution is 2.19. The number of imidazole rings is 1. The number of aromatic nitrogens is 2. The van der Waals surface area contributed by atoms with E-state index >= 15 is 0 Å². The lowest BCUT2D eigenvalue weighted by Gasteiger charge is -2.00. The molecule has 0 aliphatic rings. The lowest BCUT2D eigenvalue weighted by atomic mass is 10.3. The average Bonchev–Trinajstić information content (AvgIpc) is 2.77. The molecule has 0 amide bonds. The van der Waals surface area contributed by atoms with Gasteiger partial charge in [-0.05, 0) is 19.1 Å². The second-order valence-electron chi connectivity index (χ2n) is 4.02. The maximum Gasteiger partial charge on any atom is 0.121 e. The summed E-state index contributed by atoms with van der Waals surface area (Å²) in [6, 6.07) is 5.86. The van der Waals surface area contributed by atoms with Crippen LogP contribution < -0.4 is 10.1 Å². The molecule has 0 unspecified atom stereocenters. The molecular formula is C13H19N3O2. The first-order valence-electron chi connectivity index (χ1n) is 6.26. The Morgan fingerprint density at radius 3 is 3.06 bits per heavy atom. The number of nitrogens with zero attached hydrogens (tertiary/aromatic N) is 1. The summed E-state index contributed by atoms with van der Waals surface area (Å²) in [6.45, 7) is 4.22. The summed E-state index contributed by atoms with van der Waals surface area (Å²) >= 11 is 0. The largest absolute Gasteiger partial charge is 0.494 e. The van der Waals surface area contributed by atoms with Crippen molar-refractivity contribution in [2.45, 2.75) is 13.3 Å². The van der Waals surface area contributed by atoms with Crippen LogP contribution in [-0.4, -0.2) is 41.4 Å². The number of aliphatic hydroxyl groups excluding tert-OH is 1. The van der Waals surface area contributed by atoms with E-state index in [1.165, 1.54) is 0 Å². The molecule has 5 nitrogen and oxygen atoms in total. The number of benzene rings is 1. The zero-order chi connectivity index (χ0) is 12.8. The Balaban J connectivity index is 2.02. The molecule has 0 spiro atoms. The fourth-order valence-electron chi connectivity index (χ4n) is 1.83. The Hall–Kier alpha value is -1.59. The van der Waals surface area contributed by atoms with Gasteiger partial charge >= 0.3 is 0 Å². The van der Waals surface area contributed by atoms with Crippen LogP contribution in [0, 0.1) is 0 Å². The molecule has 2 aromatic rings. The van der Waals surface area contributed by atoms with E-state index in [0.29, 0.717) is 13.2 Å². The van der Waals surface area contributed by atoms with E-state index < -0.39 is 0 Å². The lowest BCUT2D eigenvalue weighted by Crippen LogP contribution is -2.21. The van der Waals surface area contributed by atoms with E-state index in [1.54, 1.807) is 0 Å². The number of H-pyrrole nitrogens is 1. The molecule has 0 saturated heterocycles. The minimum absolute atomic E-state index is 0.165. The van der Waals surface area contributed by atoms with Gasteiger partial charge in [0, 0.05) is 25.6 Å². The number of nitrogens with one attached hydrogen (secondary N) is 2. The number of hydrogen-bond donors (Lipinski definition) is 3. The maximum absolute atomic E-state index is 8.66. The van der Waals surface area contributed by atoms with Crippen LogP contribution in [0.3, 0.4) is 0 Å². The monoisotopic (exact) mass is 249 g/mol. The Morgan fingerprint density at radius 2 is 2.28 bits per heavy atom. The van der Waals surface area contributed by atoms with Crippen molar-refractivity contribution in [1.82, 2.24) is 15.3 Å². The third-order valence-electron chi connectivity index (χ3n) is 2.64. The van der Waals surface area contributed by atoms with Gasteiger partial charge in [-0.25, -0.2) is 4.98 Å². The fraction of sp³-hybridized carbons (Fsp3) is 0.462. The zero-order valence-electron chi connectivity index (χ0n) is 10.6. The number of aliphatic hydroxyl groups is 1. The predicted molar refractivity (Wildman–Crippen MR) is 70.9 cm³/mol. The Bertz CT molecular complexity index is 496. The normalized spacial score (nSPS) is 11.0. The lowest BCUT2D eigenvalue weighted by molar-refractivity contribution is 0.292. The number of rotatable bonds is 7. The molecule has 3 N–H and O–H groups in total. The summed E-state index contributed by atoms with van der Waals surface area (Å²) in [5, 5.41) is 11.8. The van der Waals surface area contributed by atoms with Crippen molar-refractivity contribution >= 4 is 11.0 Å². The minimum atomic E-state index is 0.165. The Kier molecular flexibility index (Phi) is 4.55. The number of aromatic amines is 1. The van der Waals surface area contributed by atoms with Gasteiger partial charge < -0.3 is 20.1 Å². The van der Waals surface area contributed by atoms with Crippen molar-refractivity contribution in [3.8, 4) is 5.75 Å². The van der Waals surface area contributed by atoms with Crippen molar-refractivity contribution in [1.29, 1.82) is 0 Å². The predicted octanol–water partition coefficient (Wildman–Crippen LogP) is 1.09. The van der Waals surface area contributed by atoms with Crippen LogP contribution in [0.2, 0.25) is 0 Å². The third-order valence-corrected chi connectivity index (χ3v) is 2.64. The number of fused-ring (bicyclic) bond motifs is 1. The fourth-order valence-corrected chi connectivity index (χ4v) is 1.83. The second-order valence-corrected chi connectivity index (χ2v) is 4.02. The zero-order valence-corrected chi connectivity index (χ0v) is 10.6. The van der Waals surface area contributed by atoms with Gasteiger partial charge in [-0.2, -0.15) is 0 Å². The Labute approximate surface area is 106 Å². The van der Waals surface area contributed by atoms with E-state index in [0.717, 1.165) is 35.6 Å². The highest BCUT2D eigenvalue weighted by molar-refractivity contribution is 5.76. The molecule has 0 bridgehead atoms. The first-order chi connectivity index (χ1) is 8.83. The van der Waals surface area contributed by atoms with E-state index in [4.69, 9.17) is 9.84 Å². The van der Waals surface area contributed by atoms with Crippen LogP contribution in [-0.2, 0) is 6.42 Å². The first kappa shape index (κ1) is 12.9. The number of ether oxygens (including phenoxy) is 1. The van der Waals surface area contributed by atoms with Gasteiger partial charge in [-0.1, -0.05) is 0 Å². The van der Waals surface area contributed by atoms with Crippen molar-refractivity contribution in [3.05, 3.63) is 24.0 Å². The summed E-state index contributed by atoms with van der Waals surface area (Å²) in [6.07, 6.45) is 0.818. The molecule has 1 heterocycles. The molecule has 18 heavy (non-hydrogen) atoms. The van der Waals surface area contributed by atoms with E-state index in [9.17, 15) is 0 Å². The van der Waals surface area contributed by atoms with Gasteiger partial charge in [0.05, 0.1) is 24.2 Å². The maximum atomic E-state index is 8.66. The molecule has 0 saturated carbocycles. The molecule has 0 fully saturated rings. The van der Waals surface area contributed by atoms with Crippen LogP contribution in [0.25, 0.3) is 11.0 Å². The molecule has 2 rings (SSSR count). The SMILES string of the molecule is CCOc1ccc2nc(CCNCCO)[nH]c2c1. The summed E-state index contributed by atoms with van der Waals surface area (Å²) in [5.74, 6) is 1.81. The van der Waals surface area contributed by atoms with Crippen LogP contribution in [0.4, 0.5) is 0 Å². The van der Waals surface area contributed by atoms with Gasteiger partial charge in [0.15, 0.2) is 0 Å². The number of hydrogen-bond acceptors (Lipinski definition) is 4. The van der Waals surface area contributed by atoms with Crippen molar-refractivity contribution < 1.29 is 9.84 Å². The Morgan fingerprint density at radius 1 is 1.39 bits per heavy atom. The van der Waals surface area contributed by atoms with Gasteiger partial charge in [-0.3, -0.25) is 0 Å². The first-order valence-corrected chi connectivity index (χ1v) is 6.26. The standard InChI is InChI=1S/C13H19N3O2/c1-2-18-10-3-4-11-12(9-10)16-13(15-11)5-6-14-7-8-17/h3-4,9,14,17H,2,5-8H2,1H3,(H,15,16). The summed E-state index contributed by atoms with van der Waals surface area (Å²) in [5.41, 5.74) is 1.95. The third kappa shape index (κ3) is 3.21. The molecule has 0 atom stereocenters. The van der Waals surface area contributed by atoms with Crippen LogP contribution in [0.5, 0.6) is 5.75 Å². The molecule has 0 aliphatic heterocycles. The van der Waals surface area contributed by atoms with E-state index in [2.05, 4.69) is 15.3 Å². The molecule has 5 heteroatoms. The van der Waals surface area contributed by atoms with Crippen molar-refractivity contribution in [3.63, 3.8) is 0 Å². The highest BCUT2D eigenvalue weighted by atomic mass is 16.5. The molecule has 1 aromatic heterocycles. The summed E-state index contributed by atoms with van der Waals surface area (Å²) in [7, 11) is 0. The van der Waals surface area contributed by atoms with Crippen LogP contribution >= 0.6 is 0 Å². The van der Waals surface area contributed by atoms with E-state index in [1.807, 2.05) is 25.1 Å². The average molecular weight is 249 g/mol. The van der Waals surface area contributed by atoms with Gasteiger partial charge in [0.2, 0.25) is 0 Å². The minimum Gasteiger partial charge on any atom is -0.494 e. The molecule has 0 aliphatic carbocycles. The van der Waals surface area contributed by atoms with Crippen LogP contribution in [0.15, 0.2) is 18.2 Å². The second kappa shape index (κ2) is 6.37. The molecule has 1 aromatic carbocycles. The summed E-state index contributed by atoms with van der Waals surface area (Å²) < 4.78 is 5.45. The van der Waals surface area contributed by atoms with Gasteiger partial charge in [-0.15, -0.1) is 0 Å². The van der Waals surface area contributed by atoms with Gasteiger partial charge in [0.25, 0.3) is 0 Å². The highest BCUT2D eigenvalue weighted by Gasteiger charge is 2.03. The van der Waals surface area contributed by atoms with Crippen LogP contribution in [0.1, 0.15) is 12.7 Å². The summed E-state index contributed by atoms with van der Waals surface area (Å²) in [4.78, 5) is 7.78. The van der Waals surface area contributed by atoms with Crippen molar-refractivity contribution in [2.75, 3.05) is 26.3 Å². The topological polar surface area (TPSA) is 70.2 Å². The van der Waals surface area contributed by atoms with E-state index in [-0.39, 0.29) is 6.61 Å². The van der Waals surface area contributed by atoms with Crippen molar-refractivity contribution in [2.24, 2.45) is 0 Å². The molecule has 0 radical (unpaired) electrons. The van der Waals surface area contributed by atoms with Gasteiger partial charge in [0.1, 0.15) is 11.6 Å².